The molecule has 0 saturated heterocycles. The fourth-order valence-electron chi connectivity index (χ4n) is 1.33. The first-order valence-electron chi connectivity index (χ1n) is 5.85. The molecule has 112 valence electrons. The molecule has 0 atom stereocenters. The van der Waals surface area contributed by atoms with E-state index in [-0.39, 0.29) is 24.4 Å². The van der Waals surface area contributed by atoms with Crippen molar-refractivity contribution in [3.8, 4) is 5.75 Å². The zero-order valence-corrected chi connectivity index (χ0v) is 11.0. The Labute approximate surface area is 119 Å². The van der Waals surface area contributed by atoms with Crippen molar-refractivity contribution < 1.29 is 29.1 Å². The fraction of sp³-hybridized carbons (Fsp3) is 0.231. The Balaban J connectivity index is 2.47. The minimum absolute atomic E-state index is 0.0443. The number of benzene rings is 1. The molecule has 0 unspecified atom stereocenters. The van der Waals surface area contributed by atoms with Crippen LogP contribution in [-0.2, 0) is 16.0 Å². The highest BCUT2D eigenvalue weighted by molar-refractivity contribution is 5.86. The second-order valence-electron chi connectivity index (χ2n) is 3.99. The van der Waals surface area contributed by atoms with Gasteiger partial charge < -0.3 is 14.6 Å². The number of nitrogens with zero attached hydrogens (tertiary/aromatic N) is 1. The highest BCUT2D eigenvalue weighted by Crippen LogP contribution is 2.15. The molecule has 1 rings (SSSR count). The predicted molar refractivity (Wildman–Crippen MR) is 70.8 cm³/mol. The predicted octanol–water partition coefficient (Wildman–Crippen LogP) is 1.66. The Bertz CT molecular complexity index is 550. The van der Waals surface area contributed by atoms with E-state index in [4.69, 9.17) is 9.84 Å². The summed E-state index contributed by atoms with van der Waals surface area (Å²) in [5.74, 6) is -0.893. The molecule has 0 fully saturated rings. The van der Waals surface area contributed by atoms with E-state index in [1.165, 1.54) is 12.1 Å². The van der Waals surface area contributed by atoms with Crippen molar-refractivity contribution in [2.75, 3.05) is 13.2 Å². The molecular formula is C13H13NO7. The van der Waals surface area contributed by atoms with Gasteiger partial charge in [-0.1, -0.05) is 18.7 Å². The number of rotatable bonds is 7. The maximum atomic E-state index is 11.2. The van der Waals surface area contributed by atoms with Crippen LogP contribution in [0.1, 0.15) is 5.56 Å². The molecule has 21 heavy (non-hydrogen) atoms. The summed E-state index contributed by atoms with van der Waals surface area (Å²) in [7, 11) is 0. The third-order valence-electron chi connectivity index (χ3n) is 2.34. The molecule has 0 aromatic heterocycles. The lowest BCUT2D eigenvalue weighted by Crippen LogP contribution is -2.16. The number of carboxylic acid groups (broad SMARTS) is 1. The summed E-state index contributed by atoms with van der Waals surface area (Å²) >= 11 is 0. The van der Waals surface area contributed by atoms with Crippen LogP contribution in [0.25, 0.3) is 0 Å². The van der Waals surface area contributed by atoms with Gasteiger partial charge >= 0.3 is 12.1 Å². The molecule has 0 aliphatic rings. The van der Waals surface area contributed by atoms with E-state index in [2.05, 4.69) is 11.3 Å². The highest BCUT2D eigenvalue weighted by Gasteiger charge is 2.09. The molecule has 8 heteroatoms. The van der Waals surface area contributed by atoms with Crippen molar-refractivity contribution in [2.24, 2.45) is 0 Å². The standard InChI is InChI=1S/C13H13NO7/c1-9(12(15)16)8-10-2-4-11(5-3-10)21-13(17)20-7-6-14(18)19/h2-5H,1,6-8H2,(H,15,16). The summed E-state index contributed by atoms with van der Waals surface area (Å²) in [6.45, 7) is 2.54. The zero-order chi connectivity index (χ0) is 15.8. The Kier molecular flexibility index (Phi) is 5.87. The summed E-state index contributed by atoms with van der Waals surface area (Å²) in [4.78, 5) is 31.2. The van der Waals surface area contributed by atoms with Gasteiger partial charge in [-0.2, -0.15) is 0 Å². The Morgan fingerprint density at radius 1 is 1.29 bits per heavy atom. The highest BCUT2D eigenvalue weighted by atomic mass is 16.7. The van der Waals surface area contributed by atoms with Gasteiger partial charge in [-0.3, -0.25) is 10.1 Å². The summed E-state index contributed by atoms with van der Waals surface area (Å²) in [6, 6.07) is 6.07. The lowest BCUT2D eigenvalue weighted by Gasteiger charge is -2.05. The Morgan fingerprint density at radius 2 is 1.90 bits per heavy atom. The molecule has 1 aromatic rings. The summed E-state index contributed by atoms with van der Waals surface area (Å²) < 4.78 is 9.27. The van der Waals surface area contributed by atoms with Crippen LogP contribution in [0, 0.1) is 10.1 Å². The number of hydrogen-bond donors (Lipinski definition) is 1. The number of nitro groups is 1. The quantitative estimate of drug-likeness (QED) is 0.267. The molecule has 0 saturated carbocycles. The third-order valence-corrected chi connectivity index (χ3v) is 2.34. The molecule has 0 amide bonds. The van der Waals surface area contributed by atoms with Crippen LogP contribution in [0.3, 0.4) is 0 Å². The lowest BCUT2D eigenvalue weighted by molar-refractivity contribution is -0.482. The van der Waals surface area contributed by atoms with Crippen LogP contribution in [0.5, 0.6) is 5.75 Å². The van der Waals surface area contributed by atoms with Crippen LogP contribution in [0.2, 0.25) is 0 Å². The molecule has 1 aromatic carbocycles. The number of ether oxygens (including phenoxy) is 2. The van der Waals surface area contributed by atoms with Gasteiger partial charge in [0, 0.05) is 16.9 Å². The number of hydrogen-bond acceptors (Lipinski definition) is 6. The van der Waals surface area contributed by atoms with Gasteiger partial charge in [-0.15, -0.1) is 0 Å². The van der Waals surface area contributed by atoms with E-state index in [1.807, 2.05) is 0 Å². The zero-order valence-electron chi connectivity index (χ0n) is 11.0. The topological polar surface area (TPSA) is 116 Å². The first-order chi connectivity index (χ1) is 9.88. The largest absolute Gasteiger partial charge is 0.514 e. The fourth-order valence-corrected chi connectivity index (χ4v) is 1.33. The smallest absolute Gasteiger partial charge is 0.478 e. The van der Waals surface area contributed by atoms with Crippen LogP contribution in [0.15, 0.2) is 36.4 Å². The van der Waals surface area contributed by atoms with Crippen molar-refractivity contribution in [1.29, 1.82) is 0 Å². The first-order valence-corrected chi connectivity index (χ1v) is 5.85. The maximum Gasteiger partial charge on any atom is 0.514 e. The van der Waals surface area contributed by atoms with E-state index < -0.39 is 23.6 Å². The molecule has 0 radical (unpaired) electrons. The van der Waals surface area contributed by atoms with Crippen molar-refractivity contribution in [2.45, 2.75) is 6.42 Å². The van der Waals surface area contributed by atoms with Crippen molar-refractivity contribution in [3.05, 3.63) is 52.1 Å². The van der Waals surface area contributed by atoms with Gasteiger partial charge in [-0.05, 0) is 17.7 Å². The normalized spacial score (nSPS) is 9.71. The van der Waals surface area contributed by atoms with Gasteiger partial charge in [0.2, 0.25) is 6.54 Å². The van der Waals surface area contributed by atoms with Crippen LogP contribution in [-0.4, -0.2) is 35.3 Å². The van der Waals surface area contributed by atoms with E-state index >= 15 is 0 Å². The van der Waals surface area contributed by atoms with Gasteiger partial charge in [0.1, 0.15) is 5.75 Å². The minimum atomic E-state index is -1.08. The monoisotopic (exact) mass is 295 g/mol. The summed E-state index contributed by atoms with van der Waals surface area (Å²) in [5.41, 5.74) is 0.735. The third kappa shape index (κ3) is 6.19. The Morgan fingerprint density at radius 3 is 2.43 bits per heavy atom. The maximum absolute atomic E-state index is 11.2. The van der Waals surface area contributed by atoms with Gasteiger partial charge in [0.05, 0.1) is 0 Å². The van der Waals surface area contributed by atoms with Gasteiger partial charge in [-0.25, -0.2) is 9.59 Å². The number of carbonyl (C=O) groups is 2. The molecular weight excluding hydrogens is 282 g/mol. The van der Waals surface area contributed by atoms with Crippen LogP contribution < -0.4 is 4.74 Å². The number of carboxylic acids is 1. The minimum Gasteiger partial charge on any atom is -0.478 e. The van der Waals surface area contributed by atoms with E-state index in [9.17, 15) is 19.7 Å². The molecule has 0 aliphatic heterocycles. The second-order valence-corrected chi connectivity index (χ2v) is 3.99. The average molecular weight is 295 g/mol. The van der Waals surface area contributed by atoms with Crippen LogP contribution >= 0.6 is 0 Å². The first kappa shape index (κ1) is 16.2. The van der Waals surface area contributed by atoms with E-state index in [1.54, 1.807) is 12.1 Å². The summed E-state index contributed by atoms with van der Waals surface area (Å²) in [5, 5.41) is 18.7. The number of aliphatic carboxylic acids is 1. The molecule has 1 N–H and O–H groups in total. The van der Waals surface area contributed by atoms with Crippen molar-refractivity contribution in [3.63, 3.8) is 0 Å². The SMILES string of the molecule is C=C(Cc1ccc(OC(=O)OCC[N+](=O)[O-])cc1)C(=O)O. The van der Waals surface area contributed by atoms with Gasteiger partial charge in [0.15, 0.2) is 6.61 Å². The molecule has 0 spiro atoms. The Hall–Kier alpha value is -2.90. The molecule has 0 bridgehead atoms. The van der Waals surface area contributed by atoms with Crippen molar-refractivity contribution in [1.82, 2.24) is 0 Å². The molecule has 8 nitrogen and oxygen atoms in total. The van der Waals surface area contributed by atoms with Crippen molar-refractivity contribution >= 4 is 12.1 Å². The second kappa shape index (κ2) is 7.63. The average Bonchev–Trinajstić information content (AvgIpc) is 2.40. The van der Waals surface area contributed by atoms with Crippen LogP contribution in [0.4, 0.5) is 4.79 Å². The van der Waals surface area contributed by atoms with Gasteiger partial charge in [0.25, 0.3) is 0 Å². The number of carbonyl (C=O) groups excluding carboxylic acids is 1. The molecule has 0 aliphatic carbocycles. The molecule has 0 heterocycles. The summed E-state index contributed by atoms with van der Waals surface area (Å²) in [6.07, 6.45) is -0.873. The van der Waals surface area contributed by atoms with E-state index in [0.717, 1.165) is 0 Å². The van der Waals surface area contributed by atoms with E-state index in [0.29, 0.717) is 5.56 Å². The lowest BCUT2D eigenvalue weighted by atomic mass is 10.1.